The van der Waals surface area contributed by atoms with E-state index in [1.165, 1.54) is 64.2 Å². The molecule has 4 rings (SSSR count). The molecule has 0 unspecified atom stereocenters. The molecule has 0 atom stereocenters. The number of fused-ring (bicyclic) bond motifs is 2. The topological polar surface area (TPSA) is 0 Å². The van der Waals surface area contributed by atoms with Gasteiger partial charge >= 0.3 is 26.2 Å². The molecule has 0 radical (unpaired) electrons. The van der Waals surface area contributed by atoms with Gasteiger partial charge in [-0.2, -0.15) is 45.5 Å². The minimum Gasteiger partial charge on any atom is -1.00 e. The summed E-state index contributed by atoms with van der Waals surface area (Å²) < 4.78 is 0. The van der Waals surface area contributed by atoms with Crippen LogP contribution in [0.5, 0.6) is 0 Å². The molecule has 122 valence electrons. The van der Waals surface area contributed by atoms with Crippen LogP contribution >= 0.6 is 0 Å². The first-order valence-corrected chi connectivity index (χ1v) is 8.43. The third-order valence-corrected chi connectivity index (χ3v) is 5.25. The molecule has 2 aromatic carbocycles. The van der Waals surface area contributed by atoms with Crippen LogP contribution in [0.2, 0.25) is 0 Å². The largest absolute Gasteiger partial charge is 4.00 e. The second kappa shape index (κ2) is 9.88. The number of aryl methyl sites for hydroxylation is 6. The zero-order valence-corrected chi connectivity index (χ0v) is 19.3. The summed E-state index contributed by atoms with van der Waals surface area (Å²) in [6, 6.07) is 9.93. The molecule has 2 aliphatic carbocycles. The van der Waals surface area contributed by atoms with Gasteiger partial charge in [0.05, 0.1) is 0 Å². The third-order valence-electron chi connectivity index (χ3n) is 5.25. The Morgan fingerprint density at radius 2 is 1.04 bits per heavy atom. The molecule has 0 heterocycles. The van der Waals surface area contributed by atoms with E-state index in [9.17, 15) is 0 Å². The number of hydrogen-bond acceptors (Lipinski definition) is 0. The maximum absolute atomic E-state index is 2.48. The van der Waals surface area contributed by atoms with E-state index in [4.69, 9.17) is 0 Å². The van der Waals surface area contributed by atoms with Crippen LogP contribution in [0, 0.1) is 0 Å². The zero-order chi connectivity index (χ0) is 13.4. The predicted molar refractivity (Wildman–Crippen MR) is 84.8 cm³/mol. The summed E-state index contributed by atoms with van der Waals surface area (Å²) in [6.07, 6.45) is 13.3. The van der Waals surface area contributed by atoms with E-state index in [-0.39, 0.29) is 60.2 Å². The molecule has 0 nitrogen and oxygen atoms in total. The van der Waals surface area contributed by atoms with Crippen LogP contribution in [0.25, 0.3) is 0 Å². The molecule has 0 saturated carbocycles. The van der Waals surface area contributed by atoms with E-state index in [0.29, 0.717) is 0 Å². The quantitative estimate of drug-likeness (QED) is 0.445. The fourth-order valence-electron chi connectivity index (χ4n) is 4.12. The van der Waals surface area contributed by atoms with Crippen molar-refractivity contribution in [1.82, 2.24) is 0 Å². The summed E-state index contributed by atoms with van der Waals surface area (Å²) in [5.41, 5.74) is 9.74. The Hall–Kier alpha value is 0.543. The van der Waals surface area contributed by atoms with E-state index < -0.39 is 0 Å². The molecule has 0 aliphatic heterocycles. The minimum absolute atomic E-state index is 0. The molecule has 0 fully saturated rings. The molecule has 0 aromatic heterocycles. The van der Waals surface area contributed by atoms with Crippen LogP contribution in [-0.2, 0) is 64.7 Å². The Kier molecular flexibility index (Phi) is 9.27. The van der Waals surface area contributed by atoms with Crippen molar-refractivity contribution in [3.63, 3.8) is 0 Å². The number of hydrogen-bond donors (Lipinski definition) is 0. The number of rotatable bonds is 3. The van der Waals surface area contributed by atoms with Gasteiger partial charge in [-0.3, -0.25) is 0 Å². The van der Waals surface area contributed by atoms with Crippen molar-refractivity contribution in [3.05, 3.63) is 57.6 Å². The maximum Gasteiger partial charge on any atom is 4.00 e. The summed E-state index contributed by atoms with van der Waals surface area (Å²) in [5, 5.41) is 0. The van der Waals surface area contributed by atoms with Crippen molar-refractivity contribution < 1.29 is 60.2 Å². The average Bonchev–Trinajstić information content (AvgIpc) is 3.07. The van der Waals surface area contributed by atoms with E-state index >= 15 is 0 Å². The van der Waals surface area contributed by atoms with Crippen LogP contribution in [-0.4, -0.2) is 0 Å². The smallest absolute Gasteiger partial charge is 1.00 e. The van der Waals surface area contributed by atoms with Crippen LogP contribution < -0.4 is 34.0 Å². The Balaban J connectivity index is 0.000000882. The normalized spacial score (nSPS) is 15.5. The fourth-order valence-corrected chi connectivity index (χ4v) is 4.12. The van der Waals surface area contributed by atoms with Crippen molar-refractivity contribution >= 4 is 0 Å². The molecule has 23 heavy (non-hydrogen) atoms. The van der Waals surface area contributed by atoms with Gasteiger partial charge in [0.15, 0.2) is 0 Å². The summed E-state index contributed by atoms with van der Waals surface area (Å²) in [6.45, 7) is 0. The van der Waals surface area contributed by atoms with Crippen LogP contribution in [0.4, 0.5) is 0 Å². The van der Waals surface area contributed by atoms with Crippen molar-refractivity contribution in [3.8, 4) is 0 Å². The van der Waals surface area contributed by atoms with E-state index in [1.807, 2.05) is 0 Å². The molecule has 3 heteroatoms. The summed E-state index contributed by atoms with van der Waals surface area (Å²) >= 11 is 0. The van der Waals surface area contributed by atoms with E-state index in [0.717, 1.165) is 0 Å². The monoisotopic (exact) mass is 512 g/mol. The molecule has 0 bridgehead atoms. The first-order valence-electron chi connectivity index (χ1n) is 8.43. The van der Waals surface area contributed by atoms with Gasteiger partial charge in [-0.15, -0.1) is 0 Å². The maximum atomic E-state index is 2.48. The van der Waals surface area contributed by atoms with Crippen LogP contribution in [0.15, 0.2) is 24.3 Å². The predicted octanol–water partition coefficient (Wildman–Crippen LogP) is -1.33. The van der Waals surface area contributed by atoms with E-state index in [1.54, 1.807) is 33.4 Å². The first-order chi connectivity index (χ1) is 9.88. The molecule has 0 saturated heterocycles. The van der Waals surface area contributed by atoms with Gasteiger partial charge in [-0.1, -0.05) is 51.4 Å². The summed E-state index contributed by atoms with van der Waals surface area (Å²) in [4.78, 5) is 0. The SMILES string of the molecule is [Br-].[Br-].[Zr+4].c1c(CCc2cc3c([cH-]2)CCCC3)[cH-]c2c1CCCC2. The zero-order valence-electron chi connectivity index (χ0n) is 13.6. The molecule has 2 aromatic rings. The number of halogens is 2. The van der Waals surface area contributed by atoms with Crippen molar-refractivity contribution in [2.75, 3.05) is 0 Å². The first kappa shape index (κ1) is 21.6. The third kappa shape index (κ3) is 5.02. The van der Waals surface area contributed by atoms with Crippen LogP contribution in [0.1, 0.15) is 59.1 Å². The molecule has 0 amide bonds. The Bertz CT molecular complexity index is 508. The van der Waals surface area contributed by atoms with Crippen LogP contribution in [0.3, 0.4) is 0 Å². The fraction of sp³-hybridized carbons (Fsp3) is 0.500. The average molecular weight is 515 g/mol. The molecule has 2 aliphatic rings. The van der Waals surface area contributed by atoms with Gasteiger partial charge in [0.25, 0.3) is 0 Å². The van der Waals surface area contributed by atoms with Gasteiger partial charge in [-0.25, -0.2) is 12.1 Å². The second-order valence-electron chi connectivity index (χ2n) is 6.74. The molecule has 0 spiro atoms. The minimum atomic E-state index is 0. The van der Waals surface area contributed by atoms with Gasteiger partial charge in [0.2, 0.25) is 0 Å². The van der Waals surface area contributed by atoms with Crippen molar-refractivity contribution in [2.24, 2.45) is 0 Å². The Morgan fingerprint density at radius 1 is 0.652 bits per heavy atom. The Labute approximate surface area is 180 Å². The molecular formula is C20H24Br2Zr. The Morgan fingerprint density at radius 3 is 1.43 bits per heavy atom. The van der Waals surface area contributed by atoms with Crippen molar-refractivity contribution in [1.29, 1.82) is 0 Å². The summed E-state index contributed by atoms with van der Waals surface area (Å²) in [7, 11) is 0. The second-order valence-corrected chi connectivity index (χ2v) is 6.74. The van der Waals surface area contributed by atoms with Gasteiger partial charge in [0.1, 0.15) is 0 Å². The van der Waals surface area contributed by atoms with Gasteiger partial charge in [0, 0.05) is 0 Å². The summed E-state index contributed by atoms with van der Waals surface area (Å²) in [5.74, 6) is 0. The van der Waals surface area contributed by atoms with Crippen molar-refractivity contribution in [2.45, 2.75) is 64.2 Å². The molecular weight excluding hydrogens is 491 g/mol. The van der Waals surface area contributed by atoms with Gasteiger partial charge in [-0.05, 0) is 12.8 Å². The standard InChI is InChI=1S/C20H24.2BrH.Zr/c1-2-6-18-12-15(11-17(18)5-1)9-10-16-13-19-7-3-4-8-20(19)14-16;;;/h11-14H,1-10H2;2*1H;/q-2;;;+4/p-2. The van der Waals surface area contributed by atoms with Gasteiger partial charge < -0.3 is 34.0 Å². The molecule has 0 N–H and O–H groups in total. The van der Waals surface area contributed by atoms with E-state index in [2.05, 4.69) is 24.3 Å².